The Labute approximate surface area is 98.1 Å². The zero-order valence-electron chi connectivity index (χ0n) is 10.8. The van der Waals surface area contributed by atoms with Crippen molar-refractivity contribution in [2.45, 2.75) is 20.0 Å². The Hall–Kier alpha value is -0.650. The lowest BCUT2D eigenvalue weighted by Crippen LogP contribution is -2.32. The Bertz CT molecular complexity index is 184. The number of hydrogen-bond donors (Lipinski definition) is 1. The van der Waals surface area contributed by atoms with Gasteiger partial charge in [-0.25, -0.2) is 0 Å². The minimum atomic E-state index is -0.0927. The fourth-order valence-electron chi connectivity index (χ4n) is 0.905. The van der Waals surface area contributed by atoms with E-state index in [0.717, 1.165) is 6.54 Å². The summed E-state index contributed by atoms with van der Waals surface area (Å²) >= 11 is 0. The first-order valence-corrected chi connectivity index (χ1v) is 5.63. The van der Waals surface area contributed by atoms with Crippen LogP contribution in [0.4, 0.5) is 0 Å². The molecule has 5 heteroatoms. The maximum atomic E-state index is 11.2. The Morgan fingerprint density at radius 1 is 1.31 bits per heavy atom. The van der Waals surface area contributed by atoms with Gasteiger partial charge in [0.25, 0.3) is 0 Å². The topological polar surface area (TPSA) is 50.8 Å². The molecule has 0 saturated heterocycles. The lowest BCUT2D eigenvalue weighted by molar-refractivity contribution is -0.127. The van der Waals surface area contributed by atoms with E-state index in [4.69, 9.17) is 9.47 Å². The van der Waals surface area contributed by atoms with Crippen molar-refractivity contribution in [3.05, 3.63) is 0 Å². The van der Waals surface area contributed by atoms with Crippen LogP contribution in [-0.2, 0) is 14.3 Å². The van der Waals surface area contributed by atoms with E-state index in [9.17, 15) is 4.79 Å². The standard InChI is InChI=1S/C11H24N2O3/c1-10(2)16-9-11(14)12-5-7-15-8-6-13(3)4/h10H,5-9H2,1-4H3,(H,12,14). The number of amides is 1. The molecule has 0 aromatic rings. The highest BCUT2D eigenvalue weighted by Gasteiger charge is 2.01. The molecule has 0 saturated carbocycles. The quantitative estimate of drug-likeness (QED) is 0.573. The monoisotopic (exact) mass is 232 g/mol. The number of ether oxygens (including phenoxy) is 2. The SMILES string of the molecule is CC(C)OCC(=O)NCCOCCN(C)C. The minimum absolute atomic E-state index is 0.0853. The smallest absolute Gasteiger partial charge is 0.246 e. The molecule has 0 atom stereocenters. The number of carbonyl (C=O) groups excluding carboxylic acids is 1. The maximum Gasteiger partial charge on any atom is 0.246 e. The average Bonchev–Trinajstić information content (AvgIpc) is 2.19. The first-order chi connectivity index (χ1) is 7.52. The molecule has 0 aliphatic rings. The van der Waals surface area contributed by atoms with Crippen molar-refractivity contribution in [1.29, 1.82) is 0 Å². The van der Waals surface area contributed by atoms with Crippen LogP contribution >= 0.6 is 0 Å². The fourth-order valence-corrected chi connectivity index (χ4v) is 0.905. The van der Waals surface area contributed by atoms with Gasteiger partial charge in [-0.2, -0.15) is 0 Å². The van der Waals surface area contributed by atoms with Gasteiger partial charge in [0.2, 0.25) is 5.91 Å². The van der Waals surface area contributed by atoms with Crippen molar-refractivity contribution in [3.8, 4) is 0 Å². The van der Waals surface area contributed by atoms with E-state index in [1.165, 1.54) is 0 Å². The summed E-state index contributed by atoms with van der Waals surface area (Å²) in [7, 11) is 3.99. The van der Waals surface area contributed by atoms with Crippen LogP contribution in [0, 0.1) is 0 Å². The fraction of sp³-hybridized carbons (Fsp3) is 0.909. The van der Waals surface area contributed by atoms with Gasteiger partial charge in [-0.3, -0.25) is 4.79 Å². The molecule has 0 fully saturated rings. The van der Waals surface area contributed by atoms with Crippen LogP contribution in [0.15, 0.2) is 0 Å². The van der Waals surface area contributed by atoms with E-state index < -0.39 is 0 Å². The third-order valence-electron chi connectivity index (χ3n) is 1.80. The van der Waals surface area contributed by atoms with Crippen LogP contribution in [0.5, 0.6) is 0 Å². The van der Waals surface area contributed by atoms with Crippen LogP contribution in [0.2, 0.25) is 0 Å². The molecular weight excluding hydrogens is 208 g/mol. The second-order valence-corrected chi connectivity index (χ2v) is 4.13. The van der Waals surface area contributed by atoms with Gasteiger partial charge in [0.15, 0.2) is 0 Å². The Morgan fingerprint density at radius 2 is 2.00 bits per heavy atom. The van der Waals surface area contributed by atoms with Gasteiger partial charge in [0, 0.05) is 13.1 Å². The zero-order valence-corrected chi connectivity index (χ0v) is 10.8. The average molecular weight is 232 g/mol. The van der Waals surface area contributed by atoms with E-state index in [1.54, 1.807) is 0 Å². The van der Waals surface area contributed by atoms with Crippen molar-refractivity contribution in [3.63, 3.8) is 0 Å². The molecule has 0 aliphatic heterocycles. The number of nitrogens with one attached hydrogen (secondary N) is 1. The number of rotatable bonds is 9. The van der Waals surface area contributed by atoms with Gasteiger partial charge in [0.05, 0.1) is 19.3 Å². The number of likely N-dealkylation sites (N-methyl/N-ethyl adjacent to an activating group) is 1. The Balaban J connectivity index is 3.21. The summed E-state index contributed by atoms with van der Waals surface area (Å²) < 4.78 is 10.5. The van der Waals surface area contributed by atoms with Crippen LogP contribution in [0.3, 0.4) is 0 Å². The minimum Gasteiger partial charge on any atom is -0.378 e. The van der Waals surface area contributed by atoms with Gasteiger partial charge >= 0.3 is 0 Å². The molecule has 0 aliphatic carbocycles. The van der Waals surface area contributed by atoms with Crippen LogP contribution in [0.1, 0.15) is 13.8 Å². The second-order valence-electron chi connectivity index (χ2n) is 4.13. The first-order valence-electron chi connectivity index (χ1n) is 5.63. The van der Waals surface area contributed by atoms with Gasteiger partial charge < -0.3 is 19.7 Å². The molecule has 0 unspecified atom stereocenters. The highest BCUT2D eigenvalue weighted by atomic mass is 16.5. The summed E-state index contributed by atoms with van der Waals surface area (Å²) in [6.07, 6.45) is 0.0853. The summed E-state index contributed by atoms with van der Waals surface area (Å²) in [6, 6.07) is 0. The lowest BCUT2D eigenvalue weighted by atomic mass is 10.5. The van der Waals surface area contributed by atoms with Gasteiger partial charge in [-0.15, -0.1) is 0 Å². The summed E-state index contributed by atoms with van der Waals surface area (Å²) in [6.45, 7) is 6.58. The molecule has 16 heavy (non-hydrogen) atoms. The van der Waals surface area contributed by atoms with Crippen molar-refractivity contribution in [1.82, 2.24) is 10.2 Å². The third-order valence-corrected chi connectivity index (χ3v) is 1.80. The van der Waals surface area contributed by atoms with Crippen molar-refractivity contribution in [2.75, 3.05) is 47.0 Å². The molecule has 96 valence electrons. The predicted molar refractivity (Wildman–Crippen MR) is 63.5 cm³/mol. The van der Waals surface area contributed by atoms with Crippen molar-refractivity contribution < 1.29 is 14.3 Å². The highest BCUT2D eigenvalue weighted by molar-refractivity contribution is 5.77. The van der Waals surface area contributed by atoms with Crippen LogP contribution in [-0.4, -0.2) is 63.9 Å². The molecule has 1 amide bonds. The van der Waals surface area contributed by atoms with E-state index in [0.29, 0.717) is 19.8 Å². The lowest BCUT2D eigenvalue weighted by Gasteiger charge is -2.11. The predicted octanol–water partition coefficient (Wildman–Crippen LogP) is 0.106. The zero-order chi connectivity index (χ0) is 12.4. The molecule has 0 spiro atoms. The second kappa shape index (κ2) is 9.57. The van der Waals surface area contributed by atoms with E-state index in [2.05, 4.69) is 10.2 Å². The van der Waals surface area contributed by atoms with Gasteiger partial charge in [0.1, 0.15) is 6.61 Å². The molecule has 0 rings (SSSR count). The summed E-state index contributed by atoms with van der Waals surface area (Å²) in [4.78, 5) is 13.2. The first kappa shape index (κ1) is 15.3. The van der Waals surface area contributed by atoms with E-state index >= 15 is 0 Å². The molecule has 0 heterocycles. The van der Waals surface area contributed by atoms with Gasteiger partial charge in [-0.05, 0) is 27.9 Å². The number of nitrogens with zero attached hydrogens (tertiary/aromatic N) is 1. The van der Waals surface area contributed by atoms with Crippen LogP contribution in [0.25, 0.3) is 0 Å². The summed E-state index contributed by atoms with van der Waals surface area (Å²) in [5.41, 5.74) is 0. The number of carbonyl (C=O) groups is 1. The summed E-state index contributed by atoms with van der Waals surface area (Å²) in [5.74, 6) is -0.0927. The molecular formula is C11H24N2O3. The maximum absolute atomic E-state index is 11.2. The molecule has 0 aromatic heterocycles. The summed E-state index contributed by atoms with van der Waals surface area (Å²) in [5, 5.41) is 2.72. The largest absolute Gasteiger partial charge is 0.378 e. The molecule has 5 nitrogen and oxygen atoms in total. The molecule has 0 aromatic carbocycles. The Morgan fingerprint density at radius 3 is 2.56 bits per heavy atom. The molecule has 0 bridgehead atoms. The van der Waals surface area contributed by atoms with Gasteiger partial charge in [-0.1, -0.05) is 0 Å². The van der Waals surface area contributed by atoms with Crippen molar-refractivity contribution >= 4 is 5.91 Å². The number of hydrogen-bond acceptors (Lipinski definition) is 4. The van der Waals surface area contributed by atoms with E-state index in [-0.39, 0.29) is 18.6 Å². The van der Waals surface area contributed by atoms with Crippen LogP contribution < -0.4 is 5.32 Å². The molecule has 0 radical (unpaired) electrons. The Kier molecular flexibility index (Phi) is 9.18. The van der Waals surface area contributed by atoms with Crippen molar-refractivity contribution in [2.24, 2.45) is 0 Å². The molecule has 1 N–H and O–H groups in total. The third kappa shape index (κ3) is 11.4. The van der Waals surface area contributed by atoms with E-state index in [1.807, 2.05) is 27.9 Å². The highest BCUT2D eigenvalue weighted by Crippen LogP contribution is 1.86. The normalized spacial score (nSPS) is 11.1.